The summed E-state index contributed by atoms with van der Waals surface area (Å²) in [6, 6.07) is 0.0350. The predicted octanol–water partition coefficient (Wildman–Crippen LogP) is 3.45. The van der Waals surface area contributed by atoms with Crippen molar-refractivity contribution in [3.05, 3.63) is 11.6 Å². The molecule has 0 saturated heterocycles. The third kappa shape index (κ3) is 9.86. The summed E-state index contributed by atoms with van der Waals surface area (Å²) in [6.07, 6.45) is -4.13. The molecule has 0 radical (unpaired) electrons. The molecule has 0 aromatic carbocycles. The van der Waals surface area contributed by atoms with Gasteiger partial charge >= 0.3 is 6.18 Å². The largest absolute Gasteiger partial charge is 0.389 e. The molecule has 1 nitrogen and oxygen atoms in total. The minimum Gasteiger partial charge on any atom is -0.309 e. The van der Waals surface area contributed by atoms with Crippen molar-refractivity contribution >= 4 is 11.6 Å². The smallest absolute Gasteiger partial charge is 0.309 e. The molecule has 0 aromatic heterocycles. The van der Waals surface area contributed by atoms with Crippen molar-refractivity contribution in [2.24, 2.45) is 0 Å². The number of halogens is 4. The van der Waals surface area contributed by atoms with Crippen molar-refractivity contribution in [2.45, 2.75) is 38.4 Å². The highest BCUT2D eigenvalue weighted by molar-refractivity contribution is 6.29. The number of nitrogens with one attached hydrogen (secondary N) is 1. The van der Waals surface area contributed by atoms with E-state index < -0.39 is 12.6 Å². The summed E-state index contributed by atoms with van der Waals surface area (Å²) in [5, 5.41) is 3.43. The Bertz CT molecular complexity index is 179. The van der Waals surface area contributed by atoms with Gasteiger partial charge in [0.05, 0.1) is 0 Å². The summed E-state index contributed by atoms with van der Waals surface area (Å²) in [6.45, 7) is 5.74. The molecule has 14 heavy (non-hydrogen) atoms. The topological polar surface area (TPSA) is 12.0 Å². The van der Waals surface area contributed by atoms with Gasteiger partial charge in [0, 0.05) is 24.0 Å². The Morgan fingerprint density at radius 3 is 2.50 bits per heavy atom. The SMILES string of the molecule is C=C(Cl)CNC(C)CCCC(F)(F)F. The minimum atomic E-state index is -4.05. The van der Waals surface area contributed by atoms with Crippen molar-refractivity contribution in [1.29, 1.82) is 0 Å². The summed E-state index contributed by atoms with van der Waals surface area (Å²) in [7, 11) is 0. The number of alkyl halides is 3. The van der Waals surface area contributed by atoms with Crippen LogP contribution in [0.4, 0.5) is 13.2 Å². The maximum atomic E-state index is 11.8. The van der Waals surface area contributed by atoms with Gasteiger partial charge in [0.1, 0.15) is 0 Å². The Morgan fingerprint density at radius 2 is 2.07 bits per heavy atom. The molecular formula is C9H15ClF3N. The van der Waals surface area contributed by atoms with Gasteiger partial charge < -0.3 is 5.32 Å². The van der Waals surface area contributed by atoms with Crippen LogP contribution in [-0.2, 0) is 0 Å². The fraction of sp³-hybridized carbons (Fsp3) is 0.778. The lowest BCUT2D eigenvalue weighted by molar-refractivity contribution is -0.135. The zero-order valence-electron chi connectivity index (χ0n) is 8.12. The first-order valence-electron chi connectivity index (χ1n) is 4.44. The van der Waals surface area contributed by atoms with Gasteiger partial charge in [-0.05, 0) is 19.8 Å². The zero-order chi connectivity index (χ0) is 11.2. The molecule has 0 heterocycles. The molecule has 0 aliphatic heterocycles. The summed E-state index contributed by atoms with van der Waals surface area (Å²) in [5.74, 6) is 0. The van der Waals surface area contributed by atoms with Gasteiger partial charge in [-0.3, -0.25) is 0 Å². The molecule has 0 amide bonds. The van der Waals surface area contributed by atoms with E-state index >= 15 is 0 Å². The summed E-state index contributed by atoms with van der Waals surface area (Å²) in [4.78, 5) is 0. The van der Waals surface area contributed by atoms with Crippen LogP contribution in [0.1, 0.15) is 26.2 Å². The first kappa shape index (κ1) is 13.8. The molecule has 1 atom stereocenters. The Kier molecular flexibility index (Phi) is 6.20. The first-order chi connectivity index (χ1) is 6.31. The van der Waals surface area contributed by atoms with E-state index in [0.29, 0.717) is 18.0 Å². The van der Waals surface area contributed by atoms with Crippen molar-refractivity contribution in [3.63, 3.8) is 0 Å². The van der Waals surface area contributed by atoms with E-state index in [4.69, 9.17) is 11.6 Å². The lowest BCUT2D eigenvalue weighted by atomic mass is 10.1. The second-order valence-corrected chi connectivity index (χ2v) is 3.84. The second kappa shape index (κ2) is 6.30. The van der Waals surface area contributed by atoms with E-state index in [1.54, 1.807) is 0 Å². The minimum absolute atomic E-state index is 0.0350. The lowest BCUT2D eigenvalue weighted by Crippen LogP contribution is -2.27. The molecule has 0 aliphatic carbocycles. The molecule has 0 aromatic rings. The molecule has 1 unspecified atom stereocenters. The first-order valence-corrected chi connectivity index (χ1v) is 4.82. The maximum absolute atomic E-state index is 11.8. The Hall–Kier alpha value is -0.220. The molecule has 0 spiro atoms. The maximum Gasteiger partial charge on any atom is 0.389 e. The van der Waals surface area contributed by atoms with Crippen LogP contribution in [0, 0.1) is 0 Å². The molecule has 0 fully saturated rings. The highest BCUT2D eigenvalue weighted by atomic mass is 35.5. The Balaban J connectivity index is 3.45. The van der Waals surface area contributed by atoms with Gasteiger partial charge in [0.15, 0.2) is 0 Å². The normalized spacial score (nSPS) is 14.1. The van der Waals surface area contributed by atoms with Crippen LogP contribution >= 0.6 is 11.6 Å². The van der Waals surface area contributed by atoms with Crippen molar-refractivity contribution in [3.8, 4) is 0 Å². The van der Waals surface area contributed by atoms with Gasteiger partial charge in [0.2, 0.25) is 0 Å². The third-order valence-electron chi connectivity index (χ3n) is 1.74. The Morgan fingerprint density at radius 1 is 1.50 bits per heavy atom. The van der Waals surface area contributed by atoms with Crippen LogP contribution in [0.2, 0.25) is 0 Å². The molecule has 0 saturated carbocycles. The van der Waals surface area contributed by atoms with Crippen LogP contribution in [0.25, 0.3) is 0 Å². The van der Waals surface area contributed by atoms with Crippen molar-refractivity contribution in [2.75, 3.05) is 6.54 Å². The summed E-state index contributed by atoms with van der Waals surface area (Å²) >= 11 is 5.49. The quantitative estimate of drug-likeness (QED) is 0.736. The van der Waals surface area contributed by atoms with Gasteiger partial charge in [-0.1, -0.05) is 18.2 Å². The number of rotatable bonds is 6. The monoisotopic (exact) mass is 229 g/mol. The molecule has 84 valence electrons. The van der Waals surface area contributed by atoms with Crippen LogP contribution < -0.4 is 5.32 Å². The molecule has 1 N–H and O–H groups in total. The summed E-state index contributed by atoms with van der Waals surface area (Å²) in [5.41, 5.74) is 0. The fourth-order valence-corrected chi connectivity index (χ4v) is 1.07. The van der Waals surface area contributed by atoms with Gasteiger partial charge in [0.25, 0.3) is 0 Å². The van der Waals surface area contributed by atoms with Gasteiger partial charge in [-0.25, -0.2) is 0 Å². The Labute approximate surface area is 87.3 Å². The average molecular weight is 230 g/mol. The van der Waals surface area contributed by atoms with Crippen molar-refractivity contribution in [1.82, 2.24) is 5.32 Å². The fourth-order valence-electron chi connectivity index (χ4n) is 0.996. The van der Waals surface area contributed by atoms with E-state index in [1.165, 1.54) is 0 Å². The predicted molar refractivity (Wildman–Crippen MR) is 52.4 cm³/mol. The standard InChI is InChI=1S/C9H15ClF3N/c1-7(10)6-14-8(2)4-3-5-9(11,12)13/h8,14H,1,3-6H2,2H3. The zero-order valence-corrected chi connectivity index (χ0v) is 8.88. The molecule has 0 aliphatic rings. The van der Waals surface area contributed by atoms with E-state index in [0.717, 1.165) is 0 Å². The molecule has 5 heteroatoms. The average Bonchev–Trinajstić information content (AvgIpc) is 1.98. The second-order valence-electron chi connectivity index (χ2n) is 3.31. The van der Waals surface area contributed by atoms with Crippen molar-refractivity contribution < 1.29 is 13.2 Å². The van der Waals surface area contributed by atoms with Crippen LogP contribution in [0.3, 0.4) is 0 Å². The van der Waals surface area contributed by atoms with Gasteiger partial charge in [-0.2, -0.15) is 13.2 Å². The highest BCUT2D eigenvalue weighted by Crippen LogP contribution is 2.22. The number of hydrogen-bond donors (Lipinski definition) is 1. The van der Waals surface area contributed by atoms with E-state index in [2.05, 4.69) is 11.9 Å². The highest BCUT2D eigenvalue weighted by Gasteiger charge is 2.26. The summed E-state index contributed by atoms with van der Waals surface area (Å²) < 4.78 is 35.3. The number of hydrogen-bond acceptors (Lipinski definition) is 1. The van der Waals surface area contributed by atoms with Gasteiger partial charge in [-0.15, -0.1) is 0 Å². The van der Waals surface area contributed by atoms with E-state index in [1.807, 2.05) is 6.92 Å². The van der Waals surface area contributed by atoms with E-state index in [-0.39, 0.29) is 12.5 Å². The molecule has 0 rings (SSSR count). The molecular weight excluding hydrogens is 215 g/mol. The van der Waals surface area contributed by atoms with Crippen LogP contribution in [0.15, 0.2) is 11.6 Å². The van der Waals surface area contributed by atoms with E-state index in [9.17, 15) is 13.2 Å². The van der Waals surface area contributed by atoms with Crippen LogP contribution in [-0.4, -0.2) is 18.8 Å². The lowest BCUT2D eigenvalue weighted by Gasteiger charge is -2.13. The third-order valence-corrected chi connectivity index (χ3v) is 1.87. The molecule has 0 bridgehead atoms. The van der Waals surface area contributed by atoms with Crippen LogP contribution in [0.5, 0.6) is 0 Å².